The van der Waals surface area contributed by atoms with E-state index in [1.807, 2.05) is 30.3 Å². The first kappa shape index (κ1) is 16.9. The fourth-order valence-corrected chi connectivity index (χ4v) is 2.98. The average Bonchev–Trinajstić information content (AvgIpc) is 2.64. The summed E-state index contributed by atoms with van der Waals surface area (Å²) in [6.07, 6.45) is 3.22. The predicted molar refractivity (Wildman–Crippen MR) is 100 cm³/mol. The summed E-state index contributed by atoms with van der Waals surface area (Å²) < 4.78 is 0. The van der Waals surface area contributed by atoms with Crippen molar-refractivity contribution in [1.29, 1.82) is 5.26 Å². The second-order valence-corrected chi connectivity index (χ2v) is 6.15. The Bertz CT molecular complexity index is 885. The number of halogens is 1. The van der Waals surface area contributed by atoms with Crippen LogP contribution in [0, 0.1) is 11.3 Å². The number of amides is 1. The summed E-state index contributed by atoms with van der Waals surface area (Å²) in [6.45, 7) is 0.600. The third-order valence-electron chi connectivity index (χ3n) is 4.09. The Morgan fingerprint density at radius 3 is 2.88 bits per heavy atom. The first-order valence-electron chi connectivity index (χ1n) is 7.92. The van der Waals surface area contributed by atoms with E-state index in [4.69, 9.17) is 17.3 Å². The van der Waals surface area contributed by atoms with Crippen molar-refractivity contribution < 1.29 is 4.79 Å². The Kier molecular flexibility index (Phi) is 4.92. The number of carbonyl (C=O) groups is 1. The highest BCUT2D eigenvalue weighted by Gasteiger charge is 2.24. The number of anilines is 3. The van der Waals surface area contributed by atoms with Crippen molar-refractivity contribution in [3.8, 4) is 6.07 Å². The maximum Gasteiger partial charge on any atom is 0.270 e. The van der Waals surface area contributed by atoms with Crippen molar-refractivity contribution in [1.82, 2.24) is 0 Å². The summed E-state index contributed by atoms with van der Waals surface area (Å²) in [4.78, 5) is 14.4. The first-order valence-corrected chi connectivity index (χ1v) is 8.29. The Morgan fingerprint density at radius 1 is 1.32 bits per heavy atom. The van der Waals surface area contributed by atoms with E-state index in [0.29, 0.717) is 22.9 Å². The molecule has 6 heteroatoms. The average molecular weight is 353 g/mol. The van der Waals surface area contributed by atoms with Gasteiger partial charge in [0.25, 0.3) is 5.91 Å². The number of aryl methyl sites for hydroxylation is 1. The van der Waals surface area contributed by atoms with E-state index < -0.39 is 0 Å². The molecule has 1 heterocycles. The number of hydrogen-bond acceptors (Lipinski definition) is 4. The van der Waals surface area contributed by atoms with E-state index >= 15 is 0 Å². The van der Waals surface area contributed by atoms with Crippen molar-refractivity contribution in [2.45, 2.75) is 12.8 Å². The predicted octanol–water partition coefficient (Wildman–Crippen LogP) is 3.72. The number of nitrogen functional groups attached to an aromatic ring is 1. The van der Waals surface area contributed by atoms with Crippen LogP contribution >= 0.6 is 11.6 Å². The van der Waals surface area contributed by atoms with E-state index in [0.717, 1.165) is 24.1 Å². The number of nitrogens with one attached hydrogen (secondary N) is 1. The van der Waals surface area contributed by atoms with Crippen LogP contribution in [0.3, 0.4) is 0 Å². The van der Waals surface area contributed by atoms with Gasteiger partial charge in [-0.2, -0.15) is 5.26 Å². The highest BCUT2D eigenvalue weighted by atomic mass is 35.5. The zero-order chi connectivity index (χ0) is 17.8. The molecule has 1 aliphatic rings. The van der Waals surface area contributed by atoms with Crippen LogP contribution in [0.2, 0.25) is 5.02 Å². The molecule has 0 saturated heterocycles. The molecule has 5 nitrogen and oxygen atoms in total. The number of nitrogens with zero attached hydrogens (tertiary/aromatic N) is 2. The van der Waals surface area contributed by atoms with Gasteiger partial charge in [-0.15, -0.1) is 0 Å². The Morgan fingerprint density at radius 2 is 2.12 bits per heavy atom. The second-order valence-electron chi connectivity index (χ2n) is 5.74. The van der Waals surface area contributed by atoms with Gasteiger partial charge in [0.05, 0.1) is 10.7 Å². The molecule has 0 unspecified atom stereocenters. The van der Waals surface area contributed by atoms with E-state index in [1.54, 1.807) is 23.1 Å². The standard InChI is InChI=1S/C19H17ClN4O/c20-16-10-15(7-8-17(16)22)23-12-14(11-21)19(25)24-9-3-5-13-4-1-2-6-18(13)24/h1-2,4,6-8,10,12,23H,3,5,9,22H2/b14-12-. The molecule has 0 atom stereocenters. The van der Waals surface area contributed by atoms with Crippen LogP contribution in [0.15, 0.2) is 54.2 Å². The number of nitriles is 1. The SMILES string of the molecule is N#C/C(=C/Nc1ccc(N)c(Cl)c1)C(=O)N1CCCc2ccccc21. The van der Waals surface area contributed by atoms with Gasteiger partial charge in [-0.25, -0.2) is 0 Å². The molecule has 0 spiro atoms. The molecule has 3 rings (SSSR count). The van der Waals surface area contributed by atoms with E-state index in [9.17, 15) is 10.1 Å². The molecule has 1 amide bonds. The minimum absolute atomic E-state index is 0.0321. The van der Waals surface area contributed by atoms with Crippen LogP contribution in [-0.2, 0) is 11.2 Å². The molecular formula is C19H17ClN4O. The first-order chi connectivity index (χ1) is 12.1. The molecule has 0 aromatic heterocycles. The van der Waals surface area contributed by atoms with Gasteiger partial charge in [0.15, 0.2) is 0 Å². The number of para-hydroxylation sites is 1. The zero-order valence-electron chi connectivity index (χ0n) is 13.5. The number of nitrogens with two attached hydrogens (primary N) is 1. The number of rotatable bonds is 3. The van der Waals surface area contributed by atoms with Crippen LogP contribution in [0.5, 0.6) is 0 Å². The van der Waals surface area contributed by atoms with Crippen LogP contribution in [0.4, 0.5) is 17.1 Å². The highest BCUT2D eigenvalue weighted by Crippen LogP contribution is 2.28. The van der Waals surface area contributed by atoms with Crippen molar-refractivity contribution in [2.24, 2.45) is 0 Å². The summed E-state index contributed by atoms with van der Waals surface area (Å²) >= 11 is 5.98. The Hall–Kier alpha value is -2.97. The second kappa shape index (κ2) is 7.29. The highest BCUT2D eigenvalue weighted by molar-refractivity contribution is 6.33. The monoisotopic (exact) mass is 352 g/mol. The molecular weight excluding hydrogens is 336 g/mol. The largest absolute Gasteiger partial charge is 0.398 e. The van der Waals surface area contributed by atoms with Crippen LogP contribution < -0.4 is 16.0 Å². The smallest absolute Gasteiger partial charge is 0.270 e. The molecule has 0 radical (unpaired) electrons. The van der Waals surface area contributed by atoms with Gasteiger partial charge in [0.2, 0.25) is 0 Å². The molecule has 1 aliphatic heterocycles. The van der Waals surface area contributed by atoms with E-state index in [1.165, 1.54) is 6.20 Å². The molecule has 3 N–H and O–H groups in total. The zero-order valence-corrected chi connectivity index (χ0v) is 14.3. The minimum atomic E-state index is -0.316. The lowest BCUT2D eigenvalue weighted by atomic mass is 10.0. The molecule has 25 heavy (non-hydrogen) atoms. The molecule has 126 valence electrons. The third-order valence-corrected chi connectivity index (χ3v) is 4.42. The molecule has 0 aliphatic carbocycles. The van der Waals surface area contributed by atoms with Gasteiger partial charge in [-0.3, -0.25) is 4.79 Å². The minimum Gasteiger partial charge on any atom is -0.398 e. The van der Waals surface area contributed by atoms with Crippen LogP contribution in [0.25, 0.3) is 0 Å². The summed E-state index contributed by atoms with van der Waals surface area (Å²) in [5.41, 5.74) is 8.82. The third kappa shape index (κ3) is 3.59. The summed E-state index contributed by atoms with van der Waals surface area (Å²) in [7, 11) is 0. The fraction of sp³-hybridized carbons (Fsp3) is 0.158. The molecule has 0 bridgehead atoms. The topological polar surface area (TPSA) is 82.1 Å². The summed E-state index contributed by atoms with van der Waals surface area (Å²) in [5.74, 6) is -0.316. The number of fused-ring (bicyclic) bond motifs is 1. The molecule has 0 saturated carbocycles. The van der Waals surface area contributed by atoms with Crippen molar-refractivity contribution in [3.05, 3.63) is 64.8 Å². The lowest BCUT2D eigenvalue weighted by molar-refractivity contribution is -0.114. The summed E-state index contributed by atoms with van der Waals surface area (Å²) in [6, 6.07) is 14.8. The maximum atomic E-state index is 12.8. The van der Waals surface area contributed by atoms with Gasteiger partial charge in [0.1, 0.15) is 11.6 Å². The van der Waals surface area contributed by atoms with Crippen LogP contribution in [0.1, 0.15) is 12.0 Å². The van der Waals surface area contributed by atoms with Gasteiger partial charge in [0, 0.05) is 24.1 Å². The van der Waals surface area contributed by atoms with Gasteiger partial charge in [-0.1, -0.05) is 29.8 Å². The van der Waals surface area contributed by atoms with Gasteiger partial charge in [-0.05, 0) is 42.7 Å². The molecule has 2 aromatic rings. The Labute approximate surface area is 151 Å². The lowest BCUT2D eigenvalue weighted by Gasteiger charge is -2.29. The summed E-state index contributed by atoms with van der Waals surface area (Å²) in [5, 5.41) is 12.7. The number of benzene rings is 2. The van der Waals surface area contributed by atoms with Crippen molar-refractivity contribution in [2.75, 3.05) is 22.5 Å². The maximum absolute atomic E-state index is 12.8. The van der Waals surface area contributed by atoms with Gasteiger partial charge < -0.3 is 16.0 Å². The molecule has 0 fully saturated rings. The quantitative estimate of drug-likeness (QED) is 0.501. The fourth-order valence-electron chi connectivity index (χ4n) is 2.80. The van der Waals surface area contributed by atoms with E-state index in [2.05, 4.69) is 5.32 Å². The van der Waals surface area contributed by atoms with Crippen molar-refractivity contribution in [3.63, 3.8) is 0 Å². The number of carbonyl (C=O) groups excluding carboxylic acids is 1. The Balaban J connectivity index is 1.82. The van der Waals surface area contributed by atoms with E-state index in [-0.39, 0.29) is 11.5 Å². The number of hydrogen-bond donors (Lipinski definition) is 2. The molecule has 2 aromatic carbocycles. The van der Waals surface area contributed by atoms with Crippen molar-refractivity contribution >= 4 is 34.6 Å². The lowest BCUT2D eigenvalue weighted by Crippen LogP contribution is -2.36. The normalized spacial score (nSPS) is 13.8. The van der Waals surface area contributed by atoms with Crippen LogP contribution in [-0.4, -0.2) is 12.5 Å². The van der Waals surface area contributed by atoms with Gasteiger partial charge >= 0.3 is 0 Å².